The maximum atomic E-state index is 12.4. The van der Waals surface area contributed by atoms with Crippen LogP contribution in [0.15, 0.2) is 48.0 Å². The summed E-state index contributed by atoms with van der Waals surface area (Å²) in [6.45, 7) is 3.76. The van der Waals surface area contributed by atoms with Crippen LogP contribution in [0.5, 0.6) is 11.5 Å². The lowest BCUT2D eigenvalue weighted by Crippen LogP contribution is -2.20. The predicted molar refractivity (Wildman–Crippen MR) is 106 cm³/mol. The molecule has 144 valence electrons. The SMILES string of the molecule is CCOc1cc(/C=C(\C#N)C(=O)Nc2ccccc2C)ccc1OCC(N)=O. The predicted octanol–water partition coefficient (Wildman–Crippen LogP) is 2.80. The third kappa shape index (κ3) is 5.61. The van der Waals surface area contributed by atoms with Crippen LogP contribution in [0.4, 0.5) is 5.69 Å². The number of nitrogens with zero attached hydrogens (tertiary/aromatic N) is 1. The van der Waals surface area contributed by atoms with E-state index >= 15 is 0 Å². The number of rotatable bonds is 8. The number of nitrogens with one attached hydrogen (secondary N) is 1. The van der Waals surface area contributed by atoms with Crippen molar-refractivity contribution in [2.75, 3.05) is 18.5 Å². The highest BCUT2D eigenvalue weighted by Crippen LogP contribution is 2.29. The number of ether oxygens (including phenoxy) is 2. The minimum Gasteiger partial charge on any atom is -0.490 e. The fraction of sp³-hybridized carbons (Fsp3) is 0.190. The molecule has 0 fully saturated rings. The second kappa shape index (κ2) is 9.78. The number of primary amides is 1. The summed E-state index contributed by atoms with van der Waals surface area (Å²) in [5.41, 5.74) is 7.14. The fourth-order valence-electron chi connectivity index (χ4n) is 2.37. The highest BCUT2D eigenvalue weighted by atomic mass is 16.5. The third-order valence-corrected chi connectivity index (χ3v) is 3.71. The summed E-state index contributed by atoms with van der Waals surface area (Å²) in [7, 11) is 0. The van der Waals surface area contributed by atoms with Gasteiger partial charge in [-0.3, -0.25) is 9.59 Å². The molecule has 28 heavy (non-hydrogen) atoms. The van der Waals surface area contributed by atoms with Crippen LogP contribution in [-0.4, -0.2) is 25.0 Å². The number of aryl methyl sites for hydroxylation is 1. The van der Waals surface area contributed by atoms with Crippen LogP contribution in [0.1, 0.15) is 18.1 Å². The van der Waals surface area contributed by atoms with Gasteiger partial charge in [-0.05, 0) is 49.2 Å². The molecule has 0 spiro atoms. The molecule has 2 aromatic carbocycles. The Hall–Kier alpha value is -3.79. The molecule has 0 heterocycles. The number of anilines is 1. The van der Waals surface area contributed by atoms with Crippen molar-refractivity contribution < 1.29 is 19.1 Å². The Morgan fingerprint density at radius 3 is 2.57 bits per heavy atom. The van der Waals surface area contributed by atoms with Gasteiger partial charge in [0.15, 0.2) is 18.1 Å². The molecule has 2 aromatic rings. The summed E-state index contributed by atoms with van der Waals surface area (Å²) in [5.74, 6) is -0.385. The molecule has 0 bridgehead atoms. The summed E-state index contributed by atoms with van der Waals surface area (Å²) in [4.78, 5) is 23.4. The number of nitrogens with two attached hydrogens (primary N) is 1. The molecule has 0 aliphatic carbocycles. The molecule has 2 amide bonds. The minimum absolute atomic E-state index is 0.0588. The van der Waals surface area contributed by atoms with Gasteiger partial charge in [-0.1, -0.05) is 24.3 Å². The summed E-state index contributed by atoms with van der Waals surface area (Å²) >= 11 is 0. The first-order valence-corrected chi connectivity index (χ1v) is 8.61. The van der Waals surface area contributed by atoms with E-state index in [2.05, 4.69) is 5.32 Å². The topological polar surface area (TPSA) is 114 Å². The Labute approximate surface area is 163 Å². The van der Waals surface area contributed by atoms with Gasteiger partial charge in [0.05, 0.1) is 6.61 Å². The Morgan fingerprint density at radius 2 is 1.93 bits per heavy atom. The number of carbonyl (C=O) groups excluding carboxylic acids is 2. The lowest BCUT2D eigenvalue weighted by Gasteiger charge is -2.12. The van der Waals surface area contributed by atoms with Gasteiger partial charge in [-0.15, -0.1) is 0 Å². The highest BCUT2D eigenvalue weighted by molar-refractivity contribution is 6.10. The first-order valence-electron chi connectivity index (χ1n) is 8.61. The Bertz CT molecular complexity index is 945. The second-order valence-corrected chi connectivity index (χ2v) is 5.83. The number of hydrogen-bond donors (Lipinski definition) is 2. The largest absolute Gasteiger partial charge is 0.490 e. The standard InChI is InChI=1S/C21H21N3O4/c1-3-27-19-11-15(8-9-18(19)28-13-20(23)25)10-16(12-22)21(26)24-17-7-5-4-6-14(17)2/h4-11H,3,13H2,1-2H3,(H2,23,25)(H,24,26)/b16-10+. The minimum atomic E-state index is -0.605. The van der Waals surface area contributed by atoms with Crippen LogP contribution >= 0.6 is 0 Å². The summed E-state index contributed by atoms with van der Waals surface area (Å²) < 4.78 is 10.8. The van der Waals surface area contributed by atoms with E-state index in [-0.39, 0.29) is 12.2 Å². The van der Waals surface area contributed by atoms with E-state index in [4.69, 9.17) is 15.2 Å². The summed E-state index contributed by atoms with van der Waals surface area (Å²) in [5, 5.41) is 12.1. The van der Waals surface area contributed by atoms with Gasteiger partial charge in [0.2, 0.25) is 0 Å². The van der Waals surface area contributed by atoms with Crippen LogP contribution in [0.2, 0.25) is 0 Å². The van der Waals surface area contributed by atoms with Crippen molar-refractivity contribution in [1.82, 2.24) is 0 Å². The van der Waals surface area contributed by atoms with E-state index < -0.39 is 11.8 Å². The number of benzene rings is 2. The van der Waals surface area contributed by atoms with Crippen LogP contribution in [-0.2, 0) is 9.59 Å². The van der Waals surface area contributed by atoms with Crippen LogP contribution in [0, 0.1) is 18.3 Å². The van der Waals surface area contributed by atoms with Crippen molar-refractivity contribution in [3.05, 3.63) is 59.2 Å². The lowest BCUT2D eigenvalue weighted by molar-refractivity contribution is -0.120. The smallest absolute Gasteiger partial charge is 0.266 e. The van der Waals surface area contributed by atoms with Gasteiger partial charge >= 0.3 is 0 Å². The average molecular weight is 379 g/mol. The molecule has 0 atom stereocenters. The van der Waals surface area contributed by atoms with Crippen molar-refractivity contribution in [3.63, 3.8) is 0 Å². The summed E-state index contributed by atoms with van der Waals surface area (Å²) in [6, 6.07) is 14.1. The van der Waals surface area contributed by atoms with Gasteiger partial charge in [0, 0.05) is 5.69 Å². The molecule has 0 aliphatic heterocycles. The zero-order chi connectivity index (χ0) is 20.5. The van der Waals surface area contributed by atoms with Crippen molar-refractivity contribution in [2.45, 2.75) is 13.8 Å². The average Bonchev–Trinajstić information content (AvgIpc) is 2.67. The first kappa shape index (κ1) is 20.5. The Balaban J connectivity index is 2.26. The molecule has 2 rings (SSSR count). The number of amides is 2. The molecule has 0 saturated heterocycles. The van der Waals surface area contributed by atoms with Crippen molar-refractivity contribution >= 4 is 23.6 Å². The third-order valence-electron chi connectivity index (χ3n) is 3.71. The van der Waals surface area contributed by atoms with Crippen molar-refractivity contribution in [3.8, 4) is 17.6 Å². The molecular weight excluding hydrogens is 358 g/mol. The zero-order valence-corrected chi connectivity index (χ0v) is 15.7. The van der Waals surface area contributed by atoms with Crippen LogP contribution < -0.4 is 20.5 Å². The number of hydrogen-bond acceptors (Lipinski definition) is 5. The number of carbonyl (C=O) groups is 2. The van der Waals surface area contributed by atoms with Gasteiger partial charge in [0.25, 0.3) is 11.8 Å². The molecular formula is C21H21N3O4. The van der Waals surface area contributed by atoms with E-state index in [9.17, 15) is 14.9 Å². The first-order chi connectivity index (χ1) is 13.4. The van der Waals surface area contributed by atoms with E-state index in [1.807, 2.05) is 25.1 Å². The zero-order valence-electron chi connectivity index (χ0n) is 15.7. The maximum absolute atomic E-state index is 12.4. The quantitative estimate of drug-likeness (QED) is 0.541. The van der Waals surface area contributed by atoms with Gasteiger partial charge < -0.3 is 20.5 Å². The number of para-hydroxylation sites is 1. The Morgan fingerprint density at radius 1 is 1.18 bits per heavy atom. The molecule has 0 radical (unpaired) electrons. The maximum Gasteiger partial charge on any atom is 0.266 e. The monoisotopic (exact) mass is 379 g/mol. The van der Waals surface area contributed by atoms with Crippen LogP contribution in [0.25, 0.3) is 6.08 Å². The highest BCUT2D eigenvalue weighted by Gasteiger charge is 2.12. The molecule has 0 aromatic heterocycles. The van der Waals surface area contributed by atoms with Gasteiger partial charge in [-0.2, -0.15) is 5.26 Å². The van der Waals surface area contributed by atoms with E-state index in [0.29, 0.717) is 29.4 Å². The lowest BCUT2D eigenvalue weighted by atomic mass is 10.1. The Kier molecular flexibility index (Phi) is 7.17. The normalized spacial score (nSPS) is 10.7. The number of nitriles is 1. The molecule has 0 aliphatic rings. The molecule has 3 N–H and O–H groups in total. The van der Waals surface area contributed by atoms with Gasteiger partial charge in [-0.25, -0.2) is 0 Å². The van der Waals surface area contributed by atoms with E-state index in [1.54, 1.807) is 37.3 Å². The van der Waals surface area contributed by atoms with Crippen molar-refractivity contribution in [2.24, 2.45) is 5.73 Å². The molecule has 0 saturated carbocycles. The van der Waals surface area contributed by atoms with E-state index in [1.165, 1.54) is 6.08 Å². The fourth-order valence-corrected chi connectivity index (χ4v) is 2.37. The van der Waals surface area contributed by atoms with Crippen LogP contribution in [0.3, 0.4) is 0 Å². The second-order valence-electron chi connectivity index (χ2n) is 5.83. The van der Waals surface area contributed by atoms with Gasteiger partial charge in [0.1, 0.15) is 11.6 Å². The summed E-state index contributed by atoms with van der Waals surface area (Å²) in [6.07, 6.45) is 1.45. The molecule has 7 nitrogen and oxygen atoms in total. The molecule has 7 heteroatoms. The van der Waals surface area contributed by atoms with E-state index in [0.717, 1.165) is 5.56 Å². The van der Waals surface area contributed by atoms with Crippen molar-refractivity contribution in [1.29, 1.82) is 5.26 Å². The molecule has 0 unspecified atom stereocenters.